The summed E-state index contributed by atoms with van der Waals surface area (Å²) in [7, 11) is 1.64. The van der Waals surface area contributed by atoms with Crippen LogP contribution in [0.4, 0.5) is 5.13 Å². The Morgan fingerprint density at radius 1 is 1.19 bits per heavy atom. The summed E-state index contributed by atoms with van der Waals surface area (Å²) < 4.78 is 6.25. The average Bonchev–Trinajstić information content (AvgIpc) is 3.26. The van der Waals surface area contributed by atoms with Crippen LogP contribution < -0.4 is 15.0 Å². The number of thiazole rings is 1. The van der Waals surface area contributed by atoms with Crippen molar-refractivity contribution in [1.29, 1.82) is 0 Å². The van der Waals surface area contributed by atoms with Crippen molar-refractivity contribution in [3.8, 4) is 5.75 Å². The lowest BCUT2D eigenvalue weighted by Gasteiger charge is -2.25. The number of carbonyl (C=O) groups excluding carboxylic acids is 1. The monoisotopic (exact) mass is 387 g/mol. The molecule has 1 aliphatic rings. The molecule has 0 aliphatic carbocycles. The minimum absolute atomic E-state index is 0.0458. The van der Waals surface area contributed by atoms with Gasteiger partial charge in [0.15, 0.2) is 5.13 Å². The van der Waals surface area contributed by atoms with Crippen LogP contribution >= 0.6 is 22.7 Å². The van der Waals surface area contributed by atoms with Crippen molar-refractivity contribution in [3.05, 3.63) is 40.8 Å². The molecular formula is C19H21N3O2S2. The minimum atomic E-state index is -0.0458. The van der Waals surface area contributed by atoms with E-state index in [0.717, 1.165) is 43.9 Å². The van der Waals surface area contributed by atoms with E-state index in [1.165, 1.54) is 30.6 Å². The van der Waals surface area contributed by atoms with E-state index < -0.39 is 0 Å². The first-order valence-corrected chi connectivity index (χ1v) is 10.4. The molecule has 3 aromatic rings. The maximum absolute atomic E-state index is 12.4. The number of hydrogen-bond acceptors (Lipinski definition) is 6. The van der Waals surface area contributed by atoms with Crippen molar-refractivity contribution in [1.82, 2.24) is 10.3 Å². The number of anilines is 1. The topological polar surface area (TPSA) is 54.5 Å². The van der Waals surface area contributed by atoms with Gasteiger partial charge in [0.1, 0.15) is 10.6 Å². The lowest BCUT2D eigenvalue weighted by molar-refractivity contribution is 0.0955. The number of hydrogen-bond donors (Lipinski definition) is 1. The number of nitrogens with one attached hydrogen (secondary N) is 1. The molecule has 0 atom stereocenters. The molecule has 136 valence electrons. The zero-order valence-corrected chi connectivity index (χ0v) is 16.3. The van der Waals surface area contributed by atoms with Gasteiger partial charge in [-0.3, -0.25) is 4.79 Å². The molecule has 0 unspecified atom stereocenters. The fourth-order valence-electron chi connectivity index (χ4n) is 3.07. The molecule has 5 nitrogen and oxygen atoms in total. The third-order valence-electron chi connectivity index (χ3n) is 4.54. The highest BCUT2D eigenvalue weighted by molar-refractivity contribution is 7.29. The predicted octanol–water partition coefficient (Wildman–Crippen LogP) is 4.29. The number of amides is 1. The first kappa shape index (κ1) is 17.3. The van der Waals surface area contributed by atoms with Crippen LogP contribution in [0.3, 0.4) is 0 Å². The van der Waals surface area contributed by atoms with Gasteiger partial charge in [-0.15, -0.1) is 11.3 Å². The van der Waals surface area contributed by atoms with Gasteiger partial charge in [-0.25, -0.2) is 4.98 Å². The molecule has 3 heterocycles. The molecule has 1 aromatic carbocycles. The standard InChI is InChI=1S/C19H21N3O2S2/c1-24-14-7-5-13(6-8-14)12-20-17(23)15-11-16-18(25-15)21-19(26-16)22-9-3-2-4-10-22/h5-8,11H,2-4,9-10,12H2,1H3,(H,20,23). The van der Waals surface area contributed by atoms with E-state index in [0.29, 0.717) is 6.54 Å². The Bertz CT molecular complexity index is 864. The highest BCUT2D eigenvalue weighted by Gasteiger charge is 2.18. The van der Waals surface area contributed by atoms with Gasteiger partial charge in [0, 0.05) is 19.6 Å². The van der Waals surface area contributed by atoms with Crippen LogP contribution in [0.15, 0.2) is 30.3 Å². The van der Waals surface area contributed by atoms with Crippen LogP contribution in [-0.2, 0) is 6.54 Å². The van der Waals surface area contributed by atoms with Crippen LogP contribution in [0.1, 0.15) is 34.5 Å². The SMILES string of the molecule is COc1ccc(CNC(=O)c2cc3sc(N4CCCCC4)nc3s2)cc1. The Morgan fingerprint density at radius 3 is 2.65 bits per heavy atom. The Morgan fingerprint density at radius 2 is 1.96 bits per heavy atom. The van der Waals surface area contributed by atoms with E-state index in [9.17, 15) is 4.79 Å². The number of nitrogens with zero attached hydrogens (tertiary/aromatic N) is 2. The molecule has 1 N–H and O–H groups in total. The average molecular weight is 388 g/mol. The second-order valence-corrected chi connectivity index (χ2v) is 8.39. The third-order valence-corrected chi connectivity index (χ3v) is 6.76. The van der Waals surface area contributed by atoms with E-state index in [-0.39, 0.29) is 5.91 Å². The van der Waals surface area contributed by atoms with Crippen LogP contribution in [0, 0.1) is 0 Å². The summed E-state index contributed by atoms with van der Waals surface area (Å²) >= 11 is 3.16. The maximum atomic E-state index is 12.4. The van der Waals surface area contributed by atoms with Gasteiger partial charge < -0.3 is 15.0 Å². The Hall–Kier alpha value is -2.12. The Kier molecular flexibility index (Phi) is 5.08. The van der Waals surface area contributed by atoms with Crippen LogP contribution in [0.25, 0.3) is 9.53 Å². The summed E-state index contributed by atoms with van der Waals surface area (Å²) in [5, 5.41) is 4.07. The van der Waals surface area contributed by atoms with E-state index in [1.54, 1.807) is 18.4 Å². The number of carbonyl (C=O) groups is 1. The van der Waals surface area contributed by atoms with Crippen molar-refractivity contribution in [2.24, 2.45) is 0 Å². The van der Waals surface area contributed by atoms with Crippen LogP contribution in [0.5, 0.6) is 5.75 Å². The molecule has 1 fully saturated rings. The molecule has 0 spiro atoms. The van der Waals surface area contributed by atoms with Crippen LogP contribution in [0.2, 0.25) is 0 Å². The lowest BCUT2D eigenvalue weighted by Crippen LogP contribution is -2.29. The molecule has 2 aromatic heterocycles. The first-order chi connectivity index (χ1) is 12.7. The van der Waals surface area contributed by atoms with Crippen molar-refractivity contribution >= 4 is 43.2 Å². The number of methoxy groups -OCH3 is 1. The molecule has 0 saturated carbocycles. The molecule has 1 amide bonds. The first-order valence-electron chi connectivity index (χ1n) is 8.79. The largest absolute Gasteiger partial charge is 0.497 e. The van der Waals surface area contributed by atoms with E-state index in [4.69, 9.17) is 9.72 Å². The van der Waals surface area contributed by atoms with Crippen molar-refractivity contribution in [3.63, 3.8) is 0 Å². The molecule has 7 heteroatoms. The number of rotatable bonds is 5. The van der Waals surface area contributed by atoms with Gasteiger partial charge in [0.05, 0.1) is 16.7 Å². The van der Waals surface area contributed by atoms with E-state index in [2.05, 4.69) is 10.2 Å². The zero-order valence-electron chi connectivity index (χ0n) is 14.7. The number of fused-ring (bicyclic) bond motifs is 1. The highest BCUT2D eigenvalue weighted by Crippen LogP contribution is 2.35. The van der Waals surface area contributed by atoms with E-state index >= 15 is 0 Å². The number of thiophene rings is 1. The number of ether oxygens (including phenoxy) is 1. The van der Waals surface area contributed by atoms with E-state index in [1.807, 2.05) is 30.3 Å². The minimum Gasteiger partial charge on any atom is -0.497 e. The smallest absolute Gasteiger partial charge is 0.261 e. The maximum Gasteiger partial charge on any atom is 0.261 e. The Balaban J connectivity index is 1.40. The van der Waals surface area contributed by atoms with Crippen LogP contribution in [-0.4, -0.2) is 31.1 Å². The predicted molar refractivity (Wildman–Crippen MR) is 108 cm³/mol. The summed E-state index contributed by atoms with van der Waals surface area (Å²) in [4.78, 5) is 21.2. The van der Waals surface area contributed by atoms with Gasteiger partial charge in [-0.2, -0.15) is 0 Å². The molecule has 26 heavy (non-hydrogen) atoms. The van der Waals surface area contributed by atoms with Gasteiger partial charge >= 0.3 is 0 Å². The molecular weight excluding hydrogens is 366 g/mol. The lowest BCUT2D eigenvalue weighted by atomic mass is 10.1. The van der Waals surface area contributed by atoms with Crippen molar-refractivity contribution in [2.45, 2.75) is 25.8 Å². The molecule has 1 saturated heterocycles. The summed E-state index contributed by atoms with van der Waals surface area (Å²) in [5.74, 6) is 0.768. The van der Waals surface area contributed by atoms with Crippen molar-refractivity contribution < 1.29 is 9.53 Å². The summed E-state index contributed by atoms with van der Waals surface area (Å²) in [6, 6.07) is 9.68. The number of piperidine rings is 1. The molecule has 4 rings (SSSR count). The van der Waals surface area contributed by atoms with Gasteiger partial charge in [-0.05, 0) is 43.0 Å². The highest BCUT2D eigenvalue weighted by atomic mass is 32.1. The van der Waals surface area contributed by atoms with Gasteiger partial charge in [-0.1, -0.05) is 23.5 Å². The fraction of sp³-hybridized carbons (Fsp3) is 0.368. The van der Waals surface area contributed by atoms with Crippen molar-refractivity contribution in [2.75, 3.05) is 25.1 Å². The number of benzene rings is 1. The molecule has 0 radical (unpaired) electrons. The second-order valence-electron chi connectivity index (χ2n) is 6.35. The molecule has 0 bridgehead atoms. The Labute approximate surface area is 160 Å². The fourth-order valence-corrected chi connectivity index (χ4v) is 5.25. The zero-order chi connectivity index (χ0) is 17.9. The number of aromatic nitrogens is 1. The summed E-state index contributed by atoms with van der Waals surface area (Å²) in [5.41, 5.74) is 1.04. The van der Waals surface area contributed by atoms with Gasteiger partial charge in [0.2, 0.25) is 0 Å². The molecule has 1 aliphatic heterocycles. The third kappa shape index (κ3) is 3.68. The summed E-state index contributed by atoms with van der Waals surface area (Å²) in [6.07, 6.45) is 3.80. The van der Waals surface area contributed by atoms with Gasteiger partial charge in [0.25, 0.3) is 5.91 Å². The summed E-state index contributed by atoms with van der Waals surface area (Å²) in [6.45, 7) is 2.69. The second kappa shape index (κ2) is 7.63. The normalized spacial score (nSPS) is 14.6. The quantitative estimate of drug-likeness (QED) is 0.710.